The summed E-state index contributed by atoms with van der Waals surface area (Å²) in [4.78, 5) is 14.7. The molecular weight excluding hydrogens is 256 g/mol. The van der Waals surface area contributed by atoms with Crippen LogP contribution < -0.4 is 5.73 Å². The van der Waals surface area contributed by atoms with Crippen molar-refractivity contribution in [3.05, 3.63) is 22.6 Å². The Morgan fingerprint density at radius 2 is 2.11 bits per heavy atom. The van der Waals surface area contributed by atoms with Gasteiger partial charge in [-0.1, -0.05) is 13.8 Å². The van der Waals surface area contributed by atoms with Crippen molar-refractivity contribution < 1.29 is 0 Å². The van der Waals surface area contributed by atoms with Crippen LogP contribution in [0.4, 0.5) is 5.82 Å². The van der Waals surface area contributed by atoms with E-state index in [0.717, 1.165) is 17.0 Å². The Balaban J connectivity index is 2.10. The molecule has 5 heteroatoms. The van der Waals surface area contributed by atoms with Crippen LogP contribution in [0.1, 0.15) is 43.1 Å². The molecule has 1 aliphatic rings. The van der Waals surface area contributed by atoms with Crippen LogP contribution in [0.2, 0.25) is 0 Å². The first-order chi connectivity index (χ1) is 8.97. The molecule has 0 amide bonds. The quantitative estimate of drug-likeness (QED) is 0.867. The minimum absolute atomic E-state index is 0.169. The van der Waals surface area contributed by atoms with E-state index in [-0.39, 0.29) is 5.41 Å². The Bertz CT molecular complexity index is 630. The van der Waals surface area contributed by atoms with E-state index in [2.05, 4.69) is 23.8 Å². The van der Waals surface area contributed by atoms with Crippen LogP contribution >= 0.6 is 11.3 Å². The summed E-state index contributed by atoms with van der Waals surface area (Å²) in [5.74, 6) is 1.22. The Hall–Kier alpha value is -1.49. The molecule has 0 spiro atoms. The summed E-state index contributed by atoms with van der Waals surface area (Å²) >= 11 is 1.74. The van der Waals surface area contributed by atoms with Crippen LogP contribution in [-0.2, 0) is 11.8 Å². The second-order valence-corrected chi connectivity index (χ2v) is 6.83. The number of thiazole rings is 1. The third kappa shape index (κ3) is 2.12. The molecule has 2 heterocycles. The largest absolute Gasteiger partial charge is 0.383 e. The lowest BCUT2D eigenvalue weighted by Crippen LogP contribution is -2.23. The van der Waals surface area contributed by atoms with Crippen LogP contribution in [0.3, 0.4) is 0 Å². The summed E-state index contributed by atoms with van der Waals surface area (Å²) in [6, 6.07) is 0. The summed E-state index contributed by atoms with van der Waals surface area (Å²) in [6.07, 6.45) is 5.35. The van der Waals surface area contributed by atoms with Crippen molar-refractivity contribution in [1.29, 1.82) is 0 Å². The molecule has 0 saturated heterocycles. The minimum Gasteiger partial charge on any atom is -0.383 e. The third-order valence-corrected chi connectivity index (χ3v) is 4.86. The van der Waals surface area contributed by atoms with Gasteiger partial charge < -0.3 is 5.73 Å². The lowest BCUT2D eigenvalue weighted by atomic mass is 9.79. The van der Waals surface area contributed by atoms with Crippen LogP contribution in [0.15, 0.2) is 6.20 Å². The topological polar surface area (TPSA) is 64.7 Å². The van der Waals surface area contributed by atoms with Crippen molar-refractivity contribution in [3.63, 3.8) is 0 Å². The van der Waals surface area contributed by atoms with E-state index in [1.165, 1.54) is 23.4 Å². The summed E-state index contributed by atoms with van der Waals surface area (Å²) in [5, 5.41) is 0.956. The first-order valence-electron chi connectivity index (χ1n) is 6.57. The van der Waals surface area contributed by atoms with Crippen molar-refractivity contribution in [3.8, 4) is 10.6 Å². The lowest BCUT2D eigenvalue weighted by molar-refractivity contribution is 0.424. The third-order valence-electron chi connectivity index (χ3n) is 3.71. The SMILES string of the molecule is Cc1ncc(-c2nc3c(s2)CCCC3(C)C)c(N)n1. The summed E-state index contributed by atoms with van der Waals surface area (Å²) in [6.45, 7) is 6.38. The number of anilines is 1. The van der Waals surface area contributed by atoms with E-state index >= 15 is 0 Å². The van der Waals surface area contributed by atoms with Gasteiger partial charge in [0.2, 0.25) is 0 Å². The maximum atomic E-state index is 5.99. The zero-order valence-corrected chi connectivity index (χ0v) is 12.3. The van der Waals surface area contributed by atoms with E-state index < -0.39 is 0 Å². The molecule has 2 aromatic rings. The fraction of sp³-hybridized carbons (Fsp3) is 0.500. The van der Waals surface area contributed by atoms with Crippen LogP contribution in [0.5, 0.6) is 0 Å². The number of hydrogen-bond acceptors (Lipinski definition) is 5. The number of aromatic nitrogens is 3. The maximum absolute atomic E-state index is 5.99. The molecule has 100 valence electrons. The van der Waals surface area contributed by atoms with E-state index in [1.807, 2.05) is 6.92 Å². The standard InChI is InChI=1S/C14H18N4S/c1-8-16-7-9(12(15)17-8)13-18-11-10(19-13)5-4-6-14(11,2)3/h7H,4-6H2,1-3H3,(H2,15,16,17). The Kier molecular flexibility index (Phi) is 2.82. The van der Waals surface area contributed by atoms with Gasteiger partial charge in [-0.15, -0.1) is 11.3 Å². The van der Waals surface area contributed by atoms with Gasteiger partial charge >= 0.3 is 0 Å². The zero-order chi connectivity index (χ0) is 13.6. The normalized spacial score (nSPS) is 17.2. The predicted octanol–water partition coefficient (Wildman–Crippen LogP) is 3.10. The number of nitrogen functional groups attached to an aromatic ring is 1. The van der Waals surface area contributed by atoms with E-state index in [0.29, 0.717) is 11.6 Å². The van der Waals surface area contributed by atoms with Crippen LogP contribution in [-0.4, -0.2) is 15.0 Å². The second-order valence-electron chi connectivity index (χ2n) is 5.74. The molecule has 0 bridgehead atoms. The molecule has 4 nitrogen and oxygen atoms in total. The molecule has 0 fully saturated rings. The zero-order valence-electron chi connectivity index (χ0n) is 11.5. The van der Waals surface area contributed by atoms with Gasteiger partial charge in [0.1, 0.15) is 16.6 Å². The highest BCUT2D eigenvalue weighted by Crippen LogP contribution is 2.41. The van der Waals surface area contributed by atoms with Gasteiger partial charge in [0.05, 0.1) is 11.3 Å². The van der Waals surface area contributed by atoms with Crippen molar-refractivity contribution >= 4 is 17.2 Å². The second kappa shape index (κ2) is 4.27. The number of nitrogens with zero attached hydrogens (tertiary/aromatic N) is 3. The lowest BCUT2D eigenvalue weighted by Gasteiger charge is -2.28. The maximum Gasteiger partial charge on any atom is 0.137 e. The molecule has 0 aliphatic heterocycles. The van der Waals surface area contributed by atoms with Gasteiger partial charge in [0.15, 0.2) is 0 Å². The number of aryl methyl sites for hydroxylation is 2. The highest BCUT2D eigenvalue weighted by Gasteiger charge is 2.31. The van der Waals surface area contributed by atoms with Gasteiger partial charge in [0, 0.05) is 16.5 Å². The van der Waals surface area contributed by atoms with Gasteiger partial charge in [-0.3, -0.25) is 0 Å². The van der Waals surface area contributed by atoms with Crippen molar-refractivity contribution in [2.75, 3.05) is 5.73 Å². The fourth-order valence-electron chi connectivity index (χ4n) is 2.63. The first-order valence-corrected chi connectivity index (χ1v) is 7.39. The van der Waals surface area contributed by atoms with Crippen molar-refractivity contribution in [2.24, 2.45) is 0 Å². The Morgan fingerprint density at radius 3 is 2.79 bits per heavy atom. The average molecular weight is 274 g/mol. The number of fused-ring (bicyclic) bond motifs is 1. The number of hydrogen-bond donors (Lipinski definition) is 1. The van der Waals surface area contributed by atoms with Crippen molar-refractivity contribution in [2.45, 2.75) is 45.4 Å². The highest BCUT2D eigenvalue weighted by molar-refractivity contribution is 7.15. The van der Waals surface area contributed by atoms with Crippen molar-refractivity contribution in [1.82, 2.24) is 15.0 Å². The van der Waals surface area contributed by atoms with E-state index in [9.17, 15) is 0 Å². The van der Waals surface area contributed by atoms with Gasteiger partial charge in [0.25, 0.3) is 0 Å². The van der Waals surface area contributed by atoms with E-state index in [1.54, 1.807) is 17.5 Å². The van der Waals surface area contributed by atoms with Gasteiger partial charge in [-0.05, 0) is 26.2 Å². The number of nitrogens with two attached hydrogens (primary N) is 1. The number of rotatable bonds is 1. The molecule has 0 saturated carbocycles. The Morgan fingerprint density at radius 1 is 1.32 bits per heavy atom. The average Bonchev–Trinajstić information content (AvgIpc) is 2.73. The molecule has 1 aliphatic carbocycles. The van der Waals surface area contributed by atoms with Crippen LogP contribution in [0.25, 0.3) is 10.6 Å². The summed E-state index contributed by atoms with van der Waals surface area (Å²) in [5.41, 5.74) is 8.26. The first kappa shape index (κ1) is 12.5. The minimum atomic E-state index is 0.169. The van der Waals surface area contributed by atoms with Crippen LogP contribution in [0, 0.1) is 6.92 Å². The molecule has 3 rings (SSSR count). The van der Waals surface area contributed by atoms with Gasteiger partial charge in [-0.25, -0.2) is 15.0 Å². The molecule has 2 aromatic heterocycles. The monoisotopic (exact) mass is 274 g/mol. The van der Waals surface area contributed by atoms with E-state index in [4.69, 9.17) is 10.7 Å². The highest BCUT2D eigenvalue weighted by atomic mass is 32.1. The predicted molar refractivity (Wildman–Crippen MR) is 78.3 cm³/mol. The smallest absolute Gasteiger partial charge is 0.137 e. The fourth-order valence-corrected chi connectivity index (χ4v) is 3.93. The molecule has 0 unspecified atom stereocenters. The molecule has 2 N–H and O–H groups in total. The Labute approximate surface area is 117 Å². The van der Waals surface area contributed by atoms with Gasteiger partial charge in [-0.2, -0.15) is 0 Å². The molecule has 0 atom stereocenters. The molecule has 0 aromatic carbocycles. The summed E-state index contributed by atoms with van der Waals surface area (Å²) in [7, 11) is 0. The molecular formula is C14H18N4S. The summed E-state index contributed by atoms with van der Waals surface area (Å²) < 4.78 is 0. The molecule has 19 heavy (non-hydrogen) atoms. The molecule has 0 radical (unpaired) electrons.